The predicted molar refractivity (Wildman–Crippen MR) is 60.0 cm³/mol. The summed E-state index contributed by atoms with van der Waals surface area (Å²) in [5.41, 5.74) is 0.592. The Bertz CT molecular complexity index is 365. The van der Waals surface area contributed by atoms with Gasteiger partial charge < -0.3 is 9.84 Å². The molecule has 1 aliphatic carbocycles. The summed E-state index contributed by atoms with van der Waals surface area (Å²) in [6.45, 7) is 1.72. The minimum absolute atomic E-state index is 0.0555. The van der Waals surface area contributed by atoms with Gasteiger partial charge in [0.25, 0.3) is 0 Å². The van der Waals surface area contributed by atoms with Crippen molar-refractivity contribution in [1.82, 2.24) is 0 Å². The Morgan fingerprint density at radius 2 is 2.19 bits per heavy atom. The van der Waals surface area contributed by atoms with E-state index in [2.05, 4.69) is 0 Å². The second-order valence-corrected chi connectivity index (χ2v) is 4.45. The molecule has 3 heteroatoms. The van der Waals surface area contributed by atoms with Gasteiger partial charge in [-0.1, -0.05) is 12.1 Å². The van der Waals surface area contributed by atoms with Crippen LogP contribution in [0.4, 0.5) is 4.39 Å². The topological polar surface area (TPSA) is 29.5 Å². The highest BCUT2D eigenvalue weighted by Gasteiger charge is 2.22. The van der Waals surface area contributed by atoms with E-state index in [1.54, 1.807) is 25.1 Å². The van der Waals surface area contributed by atoms with Crippen molar-refractivity contribution in [2.75, 3.05) is 0 Å². The summed E-state index contributed by atoms with van der Waals surface area (Å²) >= 11 is 0. The van der Waals surface area contributed by atoms with Crippen molar-refractivity contribution >= 4 is 0 Å². The van der Waals surface area contributed by atoms with Crippen molar-refractivity contribution in [3.05, 3.63) is 29.6 Å². The summed E-state index contributed by atoms with van der Waals surface area (Å²) in [5.74, 6) is 0.0154. The standard InChI is InChI=1S/C13H17FO2/c1-9-4-2-7-12(13(9)14)16-11-6-3-5-10(15)8-11/h2,4,7,10-11,15H,3,5-6,8H2,1H3. The number of halogens is 1. The Hall–Kier alpha value is -1.09. The van der Waals surface area contributed by atoms with Gasteiger partial charge >= 0.3 is 0 Å². The summed E-state index contributed by atoms with van der Waals surface area (Å²) in [5, 5.41) is 9.51. The highest BCUT2D eigenvalue weighted by atomic mass is 19.1. The lowest BCUT2D eigenvalue weighted by molar-refractivity contribution is 0.0516. The summed E-state index contributed by atoms with van der Waals surface area (Å²) in [6, 6.07) is 5.15. The first-order valence-corrected chi connectivity index (χ1v) is 5.76. The molecule has 0 aromatic heterocycles. The molecule has 2 unspecified atom stereocenters. The summed E-state index contributed by atoms with van der Waals surface area (Å²) in [6.07, 6.45) is 2.92. The molecule has 1 N–H and O–H groups in total. The number of benzene rings is 1. The van der Waals surface area contributed by atoms with Crippen molar-refractivity contribution in [3.8, 4) is 5.75 Å². The number of ether oxygens (including phenoxy) is 1. The minimum Gasteiger partial charge on any atom is -0.487 e. The molecule has 0 heterocycles. The van der Waals surface area contributed by atoms with Gasteiger partial charge in [-0.2, -0.15) is 0 Å². The molecule has 0 aliphatic heterocycles. The first-order chi connectivity index (χ1) is 7.66. The fraction of sp³-hybridized carbons (Fsp3) is 0.538. The van der Waals surface area contributed by atoms with E-state index in [0.29, 0.717) is 17.7 Å². The van der Waals surface area contributed by atoms with E-state index in [1.807, 2.05) is 0 Å². The number of aliphatic hydroxyl groups excluding tert-OH is 1. The molecule has 1 aromatic rings. The molecule has 2 rings (SSSR count). The van der Waals surface area contributed by atoms with Gasteiger partial charge in [0.15, 0.2) is 11.6 Å². The number of rotatable bonds is 2. The van der Waals surface area contributed by atoms with Gasteiger partial charge in [-0.05, 0) is 37.8 Å². The first-order valence-electron chi connectivity index (χ1n) is 5.76. The summed E-state index contributed by atoms with van der Waals surface area (Å²) in [7, 11) is 0. The van der Waals surface area contributed by atoms with Crippen LogP contribution in [0.1, 0.15) is 31.2 Å². The molecule has 1 saturated carbocycles. The predicted octanol–water partition coefficient (Wildman–Crippen LogP) is 2.82. The highest BCUT2D eigenvalue weighted by molar-refractivity contribution is 5.30. The molecule has 0 spiro atoms. The normalized spacial score (nSPS) is 25.4. The van der Waals surface area contributed by atoms with Crippen LogP contribution >= 0.6 is 0 Å². The van der Waals surface area contributed by atoms with Gasteiger partial charge in [0.2, 0.25) is 0 Å². The molecule has 2 nitrogen and oxygen atoms in total. The molecule has 0 radical (unpaired) electrons. The lowest BCUT2D eigenvalue weighted by Crippen LogP contribution is -2.28. The molecule has 0 bridgehead atoms. The summed E-state index contributed by atoms with van der Waals surface area (Å²) in [4.78, 5) is 0. The lowest BCUT2D eigenvalue weighted by Gasteiger charge is -2.26. The third kappa shape index (κ3) is 2.53. The maximum Gasteiger partial charge on any atom is 0.167 e. The molecule has 88 valence electrons. The average molecular weight is 224 g/mol. The van der Waals surface area contributed by atoms with Crippen LogP contribution in [0.2, 0.25) is 0 Å². The quantitative estimate of drug-likeness (QED) is 0.837. The number of hydrogen-bond acceptors (Lipinski definition) is 2. The van der Waals surface area contributed by atoms with Crippen molar-refractivity contribution in [3.63, 3.8) is 0 Å². The van der Waals surface area contributed by atoms with Crippen molar-refractivity contribution in [2.24, 2.45) is 0 Å². The summed E-state index contributed by atoms with van der Waals surface area (Å²) < 4.78 is 19.3. The smallest absolute Gasteiger partial charge is 0.167 e. The van der Waals surface area contributed by atoms with Crippen LogP contribution < -0.4 is 4.74 Å². The Kier molecular flexibility index (Phi) is 3.44. The van der Waals surface area contributed by atoms with Crippen LogP contribution in [-0.4, -0.2) is 17.3 Å². The molecule has 1 aromatic carbocycles. The van der Waals surface area contributed by atoms with E-state index in [1.165, 1.54) is 0 Å². The highest BCUT2D eigenvalue weighted by Crippen LogP contribution is 2.26. The zero-order valence-electron chi connectivity index (χ0n) is 9.45. The van der Waals surface area contributed by atoms with Gasteiger partial charge in [-0.15, -0.1) is 0 Å². The average Bonchev–Trinajstić information content (AvgIpc) is 2.25. The zero-order chi connectivity index (χ0) is 11.5. The van der Waals surface area contributed by atoms with Gasteiger partial charge in [0, 0.05) is 6.42 Å². The third-order valence-corrected chi connectivity index (χ3v) is 3.05. The zero-order valence-corrected chi connectivity index (χ0v) is 9.45. The van der Waals surface area contributed by atoms with Gasteiger partial charge in [-0.25, -0.2) is 4.39 Å². The molecule has 1 aliphatic rings. The van der Waals surface area contributed by atoms with Crippen molar-refractivity contribution < 1.29 is 14.2 Å². The molecule has 16 heavy (non-hydrogen) atoms. The van der Waals surface area contributed by atoms with Gasteiger partial charge in [-0.3, -0.25) is 0 Å². The van der Waals surface area contributed by atoms with Crippen LogP contribution in [0, 0.1) is 12.7 Å². The Morgan fingerprint density at radius 1 is 1.38 bits per heavy atom. The van der Waals surface area contributed by atoms with Crippen molar-refractivity contribution in [1.29, 1.82) is 0 Å². The maximum absolute atomic E-state index is 13.7. The monoisotopic (exact) mass is 224 g/mol. The lowest BCUT2D eigenvalue weighted by atomic mass is 9.95. The number of hydrogen-bond donors (Lipinski definition) is 1. The second-order valence-electron chi connectivity index (χ2n) is 4.45. The largest absolute Gasteiger partial charge is 0.487 e. The van der Waals surface area contributed by atoms with Crippen LogP contribution in [0.15, 0.2) is 18.2 Å². The SMILES string of the molecule is Cc1cccc(OC2CCCC(O)C2)c1F. The van der Waals surface area contributed by atoms with Crippen LogP contribution in [0.3, 0.4) is 0 Å². The van der Waals surface area contributed by atoms with E-state index in [-0.39, 0.29) is 18.0 Å². The minimum atomic E-state index is -0.299. The Morgan fingerprint density at radius 3 is 2.94 bits per heavy atom. The van der Waals surface area contributed by atoms with E-state index in [0.717, 1.165) is 19.3 Å². The molecule has 2 atom stereocenters. The van der Waals surface area contributed by atoms with Gasteiger partial charge in [0.05, 0.1) is 6.10 Å². The Labute approximate surface area is 95.1 Å². The number of aryl methyl sites for hydroxylation is 1. The molecule has 0 saturated heterocycles. The van der Waals surface area contributed by atoms with Crippen LogP contribution in [0.5, 0.6) is 5.75 Å². The Balaban J connectivity index is 2.05. The van der Waals surface area contributed by atoms with Gasteiger partial charge in [0.1, 0.15) is 6.10 Å². The second kappa shape index (κ2) is 4.83. The number of aliphatic hydroxyl groups is 1. The van der Waals surface area contributed by atoms with E-state index in [4.69, 9.17) is 4.74 Å². The van der Waals surface area contributed by atoms with Crippen molar-refractivity contribution in [2.45, 2.75) is 44.8 Å². The van der Waals surface area contributed by atoms with E-state index >= 15 is 0 Å². The third-order valence-electron chi connectivity index (χ3n) is 3.05. The van der Waals surface area contributed by atoms with E-state index < -0.39 is 0 Å². The maximum atomic E-state index is 13.7. The fourth-order valence-corrected chi connectivity index (χ4v) is 2.12. The van der Waals surface area contributed by atoms with Crippen LogP contribution in [0.25, 0.3) is 0 Å². The molecule has 1 fully saturated rings. The fourth-order valence-electron chi connectivity index (χ4n) is 2.12. The molecule has 0 amide bonds. The molecular formula is C13H17FO2. The van der Waals surface area contributed by atoms with Crippen LogP contribution in [-0.2, 0) is 0 Å². The molecular weight excluding hydrogens is 207 g/mol. The van der Waals surface area contributed by atoms with E-state index in [9.17, 15) is 9.50 Å². The first kappa shape index (κ1) is 11.4.